The quantitative estimate of drug-likeness (QED) is 0.471. The average molecular weight is 437 g/mol. The molecule has 1 amide bonds. The van der Waals surface area contributed by atoms with Crippen LogP contribution in [0.3, 0.4) is 0 Å². The molecule has 0 spiro atoms. The van der Waals surface area contributed by atoms with Crippen LogP contribution < -0.4 is 5.32 Å². The molecular weight excluding hydrogens is 416 g/mol. The van der Waals surface area contributed by atoms with Gasteiger partial charge in [0.2, 0.25) is 15.9 Å². The van der Waals surface area contributed by atoms with Crippen LogP contribution in [0.5, 0.6) is 0 Å². The minimum Gasteiger partial charge on any atom is -0.325 e. The van der Waals surface area contributed by atoms with E-state index in [1.165, 1.54) is 49.2 Å². The van der Waals surface area contributed by atoms with Gasteiger partial charge in [-0.2, -0.15) is 0 Å². The number of benzene rings is 1. The Labute approximate surface area is 172 Å². The molecule has 7 nitrogen and oxygen atoms in total. The lowest BCUT2D eigenvalue weighted by Crippen LogP contribution is -2.22. The number of aryl methyl sites for hydroxylation is 2. The van der Waals surface area contributed by atoms with E-state index in [-0.39, 0.29) is 16.6 Å². The number of rotatable bonds is 6. The zero-order chi connectivity index (χ0) is 20.5. The van der Waals surface area contributed by atoms with Crippen LogP contribution in [0.1, 0.15) is 10.4 Å². The molecule has 0 aliphatic rings. The lowest BCUT2D eigenvalue weighted by Gasteiger charge is -2.12. The fraction of sp³-hybridized carbons (Fsp3) is 0.278. The van der Waals surface area contributed by atoms with Gasteiger partial charge in [-0.05, 0) is 43.7 Å². The highest BCUT2D eigenvalue weighted by atomic mass is 32.2. The van der Waals surface area contributed by atoms with Crippen LogP contribution in [-0.4, -0.2) is 48.4 Å². The second kappa shape index (κ2) is 8.16. The number of anilines is 1. The van der Waals surface area contributed by atoms with Crippen LogP contribution in [0.2, 0.25) is 0 Å². The van der Waals surface area contributed by atoms with Crippen molar-refractivity contribution in [3.63, 3.8) is 0 Å². The van der Waals surface area contributed by atoms with Crippen molar-refractivity contribution in [2.75, 3.05) is 25.2 Å². The molecule has 0 fully saturated rings. The van der Waals surface area contributed by atoms with Crippen LogP contribution in [0.4, 0.5) is 5.69 Å². The number of fused-ring (bicyclic) bond motifs is 1. The van der Waals surface area contributed by atoms with E-state index in [0.717, 1.165) is 25.1 Å². The Bertz CT molecular complexity index is 1120. The molecule has 28 heavy (non-hydrogen) atoms. The van der Waals surface area contributed by atoms with E-state index in [4.69, 9.17) is 0 Å². The van der Waals surface area contributed by atoms with Gasteiger partial charge in [-0.1, -0.05) is 11.8 Å². The number of thiophene rings is 1. The Hall–Kier alpha value is -2.01. The molecule has 1 aromatic carbocycles. The summed E-state index contributed by atoms with van der Waals surface area (Å²) in [7, 11) is -0.538. The molecule has 2 aromatic heterocycles. The van der Waals surface area contributed by atoms with Crippen molar-refractivity contribution in [1.82, 2.24) is 14.3 Å². The van der Waals surface area contributed by atoms with Crippen molar-refractivity contribution in [2.45, 2.75) is 23.8 Å². The maximum atomic E-state index is 12.3. The summed E-state index contributed by atoms with van der Waals surface area (Å²) in [6.07, 6.45) is 1.52. The Morgan fingerprint density at radius 1 is 1.18 bits per heavy atom. The summed E-state index contributed by atoms with van der Waals surface area (Å²) >= 11 is 2.97. The molecule has 0 atom stereocenters. The first kappa shape index (κ1) is 20.7. The third kappa shape index (κ3) is 4.19. The van der Waals surface area contributed by atoms with E-state index in [9.17, 15) is 13.2 Å². The number of amides is 1. The zero-order valence-electron chi connectivity index (χ0n) is 15.9. The average Bonchev–Trinajstić information content (AvgIpc) is 2.95. The number of thioether (sulfide) groups is 1. The second-order valence-corrected chi connectivity index (χ2v) is 10.6. The predicted octanol–water partition coefficient (Wildman–Crippen LogP) is 3.29. The van der Waals surface area contributed by atoms with E-state index in [0.29, 0.717) is 5.69 Å². The molecule has 0 radical (unpaired) electrons. The number of aromatic nitrogens is 2. The predicted molar refractivity (Wildman–Crippen MR) is 114 cm³/mol. The molecule has 1 N–H and O–H groups in total. The van der Waals surface area contributed by atoms with Gasteiger partial charge < -0.3 is 5.32 Å². The standard InChI is InChI=1S/C18H20N4O3S3/c1-11-12(2)27-18-16(11)17(19-10-20-18)26-9-15(23)21-13-5-7-14(8-6-13)28(24,25)22(3)4/h5-8,10H,9H2,1-4H3,(H,21,23). The van der Waals surface area contributed by atoms with E-state index < -0.39 is 10.0 Å². The van der Waals surface area contributed by atoms with E-state index in [1.54, 1.807) is 23.5 Å². The summed E-state index contributed by atoms with van der Waals surface area (Å²) in [4.78, 5) is 23.2. The number of carbonyl (C=O) groups is 1. The zero-order valence-corrected chi connectivity index (χ0v) is 18.3. The normalized spacial score (nSPS) is 11.9. The van der Waals surface area contributed by atoms with Gasteiger partial charge in [-0.25, -0.2) is 22.7 Å². The van der Waals surface area contributed by atoms with Crippen molar-refractivity contribution >= 4 is 54.9 Å². The highest BCUT2D eigenvalue weighted by Crippen LogP contribution is 2.34. The molecule has 3 aromatic rings. The summed E-state index contributed by atoms with van der Waals surface area (Å²) in [6, 6.07) is 6.11. The topological polar surface area (TPSA) is 92.3 Å². The number of hydrogen-bond acceptors (Lipinski definition) is 7. The highest BCUT2D eigenvalue weighted by Gasteiger charge is 2.17. The van der Waals surface area contributed by atoms with Crippen molar-refractivity contribution in [1.29, 1.82) is 0 Å². The fourth-order valence-corrected chi connectivity index (χ4v) is 5.33. The minimum absolute atomic E-state index is 0.177. The number of carbonyl (C=O) groups excluding carboxylic acids is 1. The Balaban J connectivity index is 1.67. The molecule has 0 saturated carbocycles. The van der Waals surface area contributed by atoms with Gasteiger partial charge >= 0.3 is 0 Å². The number of sulfonamides is 1. The summed E-state index contributed by atoms with van der Waals surface area (Å²) in [6.45, 7) is 4.08. The van der Waals surface area contributed by atoms with Crippen LogP contribution in [0.15, 0.2) is 40.5 Å². The van der Waals surface area contributed by atoms with Gasteiger partial charge in [0.25, 0.3) is 0 Å². The molecule has 0 saturated heterocycles. The first-order valence-corrected chi connectivity index (χ1v) is 11.6. The van der Waals surface area contributed by atoms with Gasteiger partial charge in [-0.3, -0.25) is 4.79 Å². The van der Waals surface area contributed by atoms with Crippen molar-refractivity contribution in [3.05, 3.63) is 41.0 Å². The number of nitrogens with zero attached hydrogens (tertiary/aromatic N) is 3. The van der Waals surface area contributed by atoms with Crippen LogP contribution in [0.25, 0.3) is 10.2 Å². The third-order valence-corrected chi connectivity index (χ3v) is 8.12. The maximum absolute atomic E-state index is 12.3. The third-order valence-electron chi connectivity index (χ3n) is 4.19. The molecule has 10 heteroatoms. The van der Waals surface area contributed by atoms with Gasteiger partial charge in [-0.15, -0.1) is 11.3 Å². The number of nitrogens with one attached hydrogen (secondary N) is 1. The Morgan fingerprint density at radius 3 is 2.50 bits per heavy atom. The smallest absolute Gasteiger partial charge is 0.242 e. The molecule has 2 heterocycles. The maximum Gasteiger partial charge on any atom is 0.242 e. The van der Waals surface area contributed by atoms with E-state index in [2.05, 4.69) is 15.3 Å². The van der Waals surface area contributed by atoms with Crippen LogP contribution in [-0.2, 0) is 14.8 Å². The minimum atomic E-state index is -3.49. The van der Waals surface area contributed by atoms with E-state index in [1.807, 2.05) is 13.8 Å². The molecule has 0 unspecified atom stereocenters. The molecule has 0 bridgehead atoms. The molecule has 0 aliphatic heterocycles. The van der Waals surface area contributed by atoms with Gasteiger partial charge in [0.05, 0.1) is 10.6 Å². The fourth-order valence-electron chi connectivity index (χ4n) is 2.51. The summed E-state index contributed by atoms with van der Waals surface area (Å²) in [5.41, 5.74) is 1.68. The van der Waals surface area contributed by atoms with E-state index >= 15 is 0 Å². The SMILES string of the molecule is Cc1sc2ncnc(SCC(=O)Nc3ccc(S(=O)(=O)N(C)C)cc3)c2c1C. The highest BCUT2D eigenvalue weighted by molar-refractivity contribution is 8.00. The summed E-state index contributed by atoms with van der Waals surface area (Å²) in [5, 5.41) is 4.57. The van der Waals surface area contributed by atoms with Crippen molar-refractivity contribution < 1.29 is 13.2 Å². The molecule has 3 rings (SSSR count). The molecule has 148 valence electrons. The van der Waals surface area contributed by atoms with Crippen molar-refractivity contribution in [3.8, 4) is 0 Å². The Kier molecular flexibility index (Phi) is 6.04. The largest absolute Gasteiger partial charge is 0.325 e. The first-order valence-electron chi connectivity index (χ1n) is 8.36. The van der Waals surface area contributed by atoms with Crippen LogP contribution >= 0.6 is 23.1 Å². The lowest BCUT2D eigenvalue weighted by atomic mass is 10.2. The monoisotopic (exact) mass is 436 g/mol. The van der Waals surface area contributed by atoms with Crippen molar-refractivity contribution in [2.24, 2.45) is 0 Å². The molecular formula is C18H20N4O3S3. The molecule has 0 aliphatic carbocycles. The van der Waals surface area contributed by atoms with Gasteiger partial charge in [0.1, 0.15) is 16.2 Å². The van der Waals surface area contributed by atoms with Gasteiger partial charge in [0.15, 0.2) is 0 Å². The Morgan fingerprint density at radius 2 is 1.86 bits per heavy atom. The van der Waals surface area contributed by atoms with Gasteiger partial charge in [0, 0.05) is 30.0 Å². The summed E-state index contributed by atoms with van der Waals surface area (Å²) in [5.74, 6) is 0.00245. The van der Waals surface area contributed by atoms with Crippen LogP contribution in [0, 0.1) is 13.8 Å². The second-order valence-electron chi connectivity index (χ2n) is 6.29. The summed E-state index contributed by atoms with van der Waals surface area (Å²) < 4.78 is 25.3. The lowest BCUT2D eigenvalue weighted by molar-refractivity contribution is -0.113. The first-order chi connectivity index (χ1) is 13.2. The number of hydrogen-bond donors (Lipinski definition) is 1.